The van der Waals surface area contributed by atoms with Crippen LogP contribution in [0.1, 0.15) is 6.42 Å². The monoisotopic (exact) mass is 377 g/mol. The smallest absolute Gasteiger partial charge is 0.296 e. The molecular formula is C12H10Cl3N5O3. The number of benzene rings is 1. The number of nitrogens with zero attached hydrogens (tertiary/aromatic N) is 3. The number of aromatic nitrogens is 2. The number of anilines is 1. The fourth-order valence-electron chi connectivity index (χ4n) is 1.64. The first-order valence-corrected chi connectivity index (χ1v) is 7.36. The van der Waals surface area contributed by atoms with Gasteiger partial charge in [0.2, 0.25) is 5.91 Å². The van der Waals surface area contributed by atoms with Crippen molar-refractivity contribution in [2.45, 2.75) is 13.0 Å². The van der Waals surface area contributed by atoms with Crippen molar-refractivity contribution in [1.82, 2.24) is 15.2 Å². The van der Waals surface area contributed by atoms with Crippen molar-refractivity contribution >= 4 is 52.1 Å². The normalized spacial score (nSPS) is 10.4. The van der Waals surface area contributed by atoms with Crippen molar-refractivity contribution in [2.24, 2.45) is 0 Å². The highest BCUT2D eigenvalue weighted by atomic mass is 35.5. The van der Waals surface area contributed by atoms with Crippen LogP contribution in [-0.2, 0) is 11.3 Å². The number of rotatable bonds is 6. The Morgan fingerprint density at radius 1 is 1.30 bits per heavy atom. The van der Waals surface area contributed by atoms with E-state index in [-0.39, 0.29) is 34.6 Å². The number of hydrogen-bond donors (Lipinski definition) is 2. The van der Waals surface area contributed by atoms with Gasteiger partial charge >= 0.3 is 5.69 Å². The number of nitro groups is 1. The van der Waals surface area contributed by atoms with Crippen molar-refractivity contribution in [2.75, 3.05) is 5.43 Å². The number of halogens is 3. The van der Waals surface area contributed by atoms with E-state index in [0.717, 1.165) is 6.20 Å². The lowest BCUT2D eigenvalue weighted by atomic mass is 10.3. The predicted molar refractivity (Wildman–Crippen MR) is 86.7 cm³/mol. The Labute approximate surface area is 145 Å². The molecule has 2 aromatic rings. The van der Waals surface area contributed by atoms with E-state index in [9.17, 15) is 14.9 Å². The minimum Gasteiger partial charge on any atom is -0.296 e. The molecule has 0 atom stereocenters. The Hall–Kier alpha value is -2.03. The van der Waals surface area contributed by atoms with Gasteiger partial charge < -0.3 is 0 Å². The van der Waals surface area contributed by atoms with Gasteiger partial charge in [-0.3, -0.25) is 30.4 Å². The van der Waals surface area contributed by atoms with Gasteiger partial charge in [0.05, 0.1) is 27.2 Å². The molecule has 23 heavy (non-hydrogen) atoms. The molecule has 11 heteroatoms. The van der Waals surface area contributed by atoms with Gasteiger partial charge in [0.1, 0.15) is 12.4 Å². The topological polar surface area (TPSA) is 102 Å². The predicted octanol–water partition coefficient (Wildman–Crippen LogP) is 3.28. The van der Waals surface area contributed by atoms with Gasteiger partial charge in [-0.2, -0.15) is 5.10 Å². The number of carbonyl (C=O) groups is 1. The largest absolute Gasteiger partial charge is 0.306 e. The summed E-state index contributed by atoms with van der Waals surface area (Å²) in [5.74, 6) is -0.370. The maximum absolute atomic E-state index is 11.8. The minimum absolute atomic E-state index is 0.0503. The summed E-state index contributed by atoms with van der Waals surface area (Å²) < 4.78 is 1.31. The lowest BCUT2D eigenvalue weighted by molar-refractivity contribution is -0.385. The molecule has 0 aliphatic heterocycles. The summed E-state index contributed by atoms with van der Waals surface area (Å²) in [6.07, 6.45) is 2.41. The Morgan fingerprint density at radius 3 is 2.52 bits per heavy atom. The highest BCUT2D eigenvalue weighted by molar-refractivity contribution is 6.41. The van der Waals surface area contributed by atoms with E-state index in [1.165, 1.54) is 23.0 Å². The number of hydrazine groups is 1. The molecule has 0 spiro atoms. The number of amides is 1. The molecular weight excluding hydrogens is 369 g/mol. The van der Waals surface area contributed by atoms with E-state index in [2.05, 4.69) is 16.0 Å². The molecule has 122 valence electrons. The maximum Gasteiger partial charge on any atom is 0.306 e. The minimum atomic E-state index is -0.560. The van der Waals surface area contributed by atoms with Crippen molar-refractivity contribution in [3.8, 4) is 0 Å². The molecule has 1 heterocycles. The maximum atomic E-state index is 11.8. The summed E-state index contributed by atoms with van der Waals surface area (Å²) in [5.41, 5.74) is 5.22. The molecule has 1 aromatic carbocycles. The van der Waals surface area contributed by atoms with Crippen molar-refractivity contribution in [3.05, 3.63) is 49.7 Å². The van der Waals surface area contributed by atoms with Crippen LogP contribution in [0.3, 0.4) is 0 Å². The number of hydrogen-bond acceptors (Lipinski definition) is 5. The first kappa shape index (κ1) is 17.3. The van der Waals surface area contributed by atoms with Crippen LogP contribution < -0.4 is 10.9 Å². The molecule has 0 bridgehead atoms. The molecule has 0 saturated carbocycles. The van der Waals surface area contributed by atoms with Gasteiger partial charge in [-0.05, 0) is 12.1 Å². The van der Waals surface area contributed by atoms with Crippen molar-refractivity contribution in [3.63, 3.8) is 0 Å². The zero-order chi connectivity index (χ0) is 17.0. The Balaban J connectivity index is 1.87. The summed E-state index contributed by atoms with van der Waals surface area (Å²) in [6, 6.07) is 2.96. The van der Waals surface area contributed by atoms with Crippen LogP contribution in [0.25, 0.3) is 0 Å². The summed E-state index contributed by atoms with van der Waals surface area (Å²) in [7, 11) is 0. The molecule has 0 radical (unpaired) electrons. The molecule has 8 nitrogen and oxygen atoms in total. The summed E-state index contributed by atoms with van der Waals surface area (Å²) >= 11 is 17.7. The molecule has 1 amide bonds. The zero-order valence-corrected chi connectivity index (χ0v) is 13.7. The molecule has 1 aromatic heterocycles. The molecule has 0 saturated heterocycles. The van der Waals surface area contributed by atoms with Gasteiger partial charge in [-0.25, -0.2) is 0 Å². The van der Waals surface area contributed by atoms with Crippen molar-refractivity contribution in [1.29, 1.82) is 0 Å². The second kappa shape index (κ2) is 7.49. The van der Waals surface area contributed by atoms with Gasteiger partial charge in [0.25, 0.3) is 0 Å². The first-order chi connectivity index (χ1) is 10.9. The molecule has 2 N–H and O–H groups in total. The Bertz CT molecular complexity index is 726. The third kappa shape index (κ3) is 4.72. The average molecular weight is 379 g/mol. The van der Waals surface area contributed by atoms with E-state index in [1.807, 2.05) is 0 Å². The summed E-state index contributed by atoms with van der Waals surface area (Å²) in [6.45, 7) is 0.184. The van der Waals surface area contributed by atoms with E-state index >= 15 is 0 Å². The molecule has 2 rings (SSSR count). The fraction of sp³-hybridized carbons (Fsp3) is 0.167. The second-order valence-corrected chi connectivity index (χ2v) is 5.64. The van der Waals surface area contributed by atoms with E-state index in [4.69, 9.17) is 34.8 Å². The number of aryl methyl sites for hydroxylation is 1. The van der Waals surface area contributed by atoms with Crippen molar-refractivity contribution < 1.29 is 9.72 Å². The highest BCUT2D eigenvalue weighted by Gasteiger charge is 2.11. The van der Waals surface area contributed by atoms with Gasteiger partial charge in [0.15, 0.2) is 0 Å². The number of nitrogens with one attached hydrogen (secondary N) is 2. The second-order valence-electron chi connectivity index (χ2n) is 4.39. The fourth-order valence-corrected chi connectivity index (χ4v) is 2.55. The molecule has 0 unspecified atom stereocenters. The summed E-state index contributed by atoms with van der Waals surface area (Å²) in [5, 5.41) is 15.2. The van der Waals surface area contributed by atoms with E-state index in [0.29, 0.717) is 10.7 Å². The quantitative estimate of drug-likeness (QED) is 0.593. The zero-order valence-electron chi connectivity index (χ0n) is 11.4. The Morgan fingerprint density at radius 2 is 1.96 bits per heavy atom. The lowest BCUT2D eigenvalue weighted by Crippen LogP contribution is -2.30. The van der Waals surface area contributed by atoms with E-state index < -0.39 is 4.92 Å². The number of carbonyl (C=O) groups excluding carboxylic acids is 1. The lowest BCUT2D eigenvalue weighted by Gasteiger charge is -2.12. The van der Waals surface area contributed by atoms with Gasteiger partial charge in [-0.1, -0.05) is 34.8 Å². The van der Waals surface area contributed by atoms with Crippen LogP contribution in [0.2, 0.25) is 15.1 Å². The summed E-state index contributed by atoms with van der Waals surface area (Å²) in [4.78, 5) is 21.7. The molecule has 0 aliphatic carbocycles. The van der Waals surface area contributed by atoms with Gasteiger partial charge in [-0.15, -0.1) is 0 Å². The first-order valence-electron chi connectivity index (χ1n) is 6.23. The SMILES string of the molecule is O=C(CCn1cc([N+](=O)[O-])cn1)NNc1c(Cl)cc(Cl)cc1Cl. The van der Waals surface area contributed by atoms with Crippen LogP contribution >= 0.6 is 34.8 Å². The third-order valence-corrected chi connectivity index (χ3v) is 3.55. The average Bonchev–Trinajstić information content (AvgIpc) is 2.93. The molecule has 0 fully saturated rings. The van der Waals surface area contributed by atoms with Crippen LogP contribution in [-0.4, -0.2) is 20.6 Å². The van der Waals surface area contributed by atoms with Crippen LogP contribution in [0, 0.1) is 10.1 Å². The van der Waals surface area contributed by atoms with Crippen LogP contribution in [0.4, 0.5) is 11.4 Å². The standard InChI is InChI=1S/C12H10Cl3N5O3/c13-7-3-9(14)12(10(15)4-7)18-17-11(21)1-2-19-6-8(5-16-19)20(22)23/h3-6,18H,1-2H2,(H,17,21). The van der Waals surface area contributed by atoms with Gasteiger partial charge in [0, 0.05) is 11.4 Å². The highest BCUT2D eigenvalue weighted by Crippen LogP contribution is 2.33. The van der Waals surface area contributed by atoms with Crippen LogP contribution in [0.5, 0.6) is 0 Å². The molecule has 0 aliphatic rings. The Kier molecular flexibility index (Phi) is 5.64. The third-order valence-electron chi connectivity index (χ3n) is 2.73. The van der Waals surface area contributed by atoms with Crippen LogP contribution in [0.15, 0.2) is 24.5 Å². The van der Waals surface area contributed by atoms with E-state index in [1.54, 1.807) is 0 Å².